The monoisotopic (exact) mass is 382 g/mol. The Morgan fingerprint density at radius 2 is 2.15 bits per heavy atom. The minimum Gasteiger partial charge on any atom is -0.353 e. The Bertz CT molecular complexity index is 843. The number of rotatable bonds is 5. The van der Waals surface area contributed by atoms with Gasteiger partial charge in [-0.2, -0.15) is 13.2 Å². The highest BCUT2D eigenvalue weighted by molar-refractivity contribution is 5.29. The molecule has 0 amide bonds. The van der Waals surface area contributed by atoms with Crippen molar-refractivity contribution in [2.24, 2.45) is 0 Å². The average molecular weight is 382 g/mol. The normalized spacial score (nSPS) is 17.9. The van der Waals surface area contributed by atoms with Crippen LogP contribution in [0.3, 0.4) is 0 Å². The van der Waals surface area contributed by atoms with E-state index in [0.717, 1.165) is 41.0 Å². The number of aromatic nitrogens is 2. The predicted octanol–water partition coefficient (Wildman–Crippen LogP) is 3.66. The summed E-state index contributed by atoms with van der Waals surface area (Å²) in [6.07, 6.45) is 0.771. The van der Waals surface area contributed by atoms with Crippen molar-refractivity contribution in [1.82, 2.24) is 9.55 Å². The topological polar surface area (TPSA) is 53.4 Å². The first kappa shape index (κ1) is 19.6. The van der Waals surface area contributed by atoms with Crippen LogP contribution in [0.4, 0.5) is 13.2 Å². The molecule has 0 N–H and O–H groups in total. The van der Waals surface area contributed by atoms with Crippen molar-refractivity contribution in [2.45, 2.75) is 51.8 Å². The summed E-state index contributed by atoms with van der Waals surface area (Å²) in [5.41, 5.74) is -0.110. The summed E-state index contributed by atoms with van der Waals surface area (Å²) in [5.74, 6) is 0. The largest absolute Gasteiger partial charge is 0.421 e. The second-order valence-corrected chi connectivity index (χ2v) is 6.51. The highest BCUT2D eigenvalue weighted by Crippen LogP contribution is 2.26. The van der Waals surface area contributed by atoms with E-state index in [1.165, 1.54) is 12.3 Å². The molecule has 1 unspecified atom stereocenters. The van der Waals surface area contributed by atoms with E-state index >= 15 is 0 Å². The average Bonchev–Trinajstić information content (AvgIpc) is 2.63. The molecule has 3 rings (SSSR count). The molecule has 3 heterocycles. The van der Waals surface area contributed by atoms with Crippen LogP contribution in [0.5, 0.6) is 0 Å². The van der Waals surface area contributed by atoms with Crippen LogP contribution >= 0.6 is 0 Å². The van der Waals surface area contributed by atoms with Gasteiger partial charge in [-0.15, -0.1) is 0 Å². The van der Waals surface area contributed by atoms with Crippen LogP contribution in [0.2, 0.25) is 0 Å². The summed E-state index contributed by atoms with van der Waals surface area (Å²) < 4.78 is 51.3. The number of aryl methyl sites for hydroxylation is 1. The molecule has 0 spiro atoms. The zero-order chi connectivity index (χ0) is 19.4. The van der Waals surface area contributed by atoms with Gasteiger partial charge in [-0.3, -0.25) is 9.78 Å². The number of halogens is 3. The van der Waals surface area contributed by atoms with Gasteiger partial charge in [0, 0.05) is 24.6 Å². The molecule has 1 aliphatic heterocycles. The first-order chi connectivity index (χ1) is 12.9. The van der Waals surface area contributed by atoms with E-state index in [9.17, 15) is 18.0 Å². The van der Waals surface area contributed by atoms with Gasteiger partial charge in [-0.1, -0.05) is 0 Å². The van der Waals surface area contributed by atoms with Gasteiger partial charge in [0.2, 0.25) is 0 Å². The highest BCUT2D eigenvalue weighted by Gasteiger charge is 2.34. The Morgan fingerprint density at radius 3 is 2.85 bits per heavy atom. The van der Waals surface area contributed by atoms with Crippen molar-refractivity contribution in [3.63, 3.8) is 0 Å². The molecule has 1 fully saturated rings. The lowest BCUT2D eigenvalue weighted by molar-refractivity contribution is -0.169. The maximum Gasteiger partial charge on any atom is 0.421 e. The smallest absolute Gasteiger partial charge is 0.353 e. The summed E-state index contributed by atoms with van der Waals surface area (Å²) in [6, 6.07) is 3.80. The molecule has 1 aliphatic rings. The Balaban J connectivity index is 1.83. The Kier molecular flexibility index (Phi) is 5.96. The molecule has 2 aromatic rings. The van der Waals surface area contributed by atoms with E-state index in [1.807, 2.05) is 6.92 Å². The zero-order valence-electron chi connectivity index (χ0n) is 15.0. The molecular weight excluding hydrogens is 361 g/mol. The Morgan fingerprint density at radius 1 is 1.33 bits per heavy atom. The summed E-state index contributed by atoms with van der Waals surface area (Å²) in [4.78, 5) is 16.5. The van der Waals surface area contributed by atoms with Crippen molar-refractivity contribution >= 4 is 0 Å². The van der Waals surface area contributed by atoms with Crippen LogP contribution in [0.25, 0.3) is 0 Å². The first-order valence-corrected chi connectivity index (χ1v) is 8.79. The maximum absolute atomic E-state index is 13.0. The van der Waals surface area contributed by atoms with Crippen LogP contribution < -0.4 is 5.56 Å². The van der Waals surface area contributed by atoms with Gasteiger partial charge in [0.15, 0.2) is 6.29 Å². The highest BCUT2D eigenvalue weighted by atomic mass is 19.4. The summed E-state index contributed by atoms with van der Waals surface area (Å²) >= 11 is 0. The quantitative estimate of drug-likeness (QED) is 0.792. The molecular formula is C19H21F3N2O3. The summed E-state index contributed by atoms with van der Waals surface area (Å²) in [6.45, 7) is 2.70. The van der Waals surface area contributed by atoms with Gasteiger partial charge in [0.1, 0.15) is 5.56 Å². The van der Waals surface area contributed by atoms with Crippen molar-refractivity contribution < 1.29 is 22.6 Å². The number of hydrogen-bond acceptors (Lipinski definition) is 4. The van der Waals surface area contributed by atoms with E-state index in [0.29, 0.717) is 12.3 Å². The molecule has 27 heavy (non-hydrogen) atoms. The fraction of sp³-hybridized carbons (Fsp3) is 0.474. The molecule has 0 aliphatic carbocycles. The van der Waals surface area contributed by atoms with E-state index in [1.54, 1.807) is 12.3 Å². The third kappa shape index (κ3) is 4.75. The van der Waals surface area contributed by atoms with Crippen molar-refractivity contribution in [3.05, 3.63) is 63.3 Å². The minimum absolute atomic E-state index is 0.0609. The Labute approximate surface area is 154 Å². The van der Waals surface area contributed by atoms with Crippen LogP contribution in [0.15, 0.2) is 35.4 Å². The molecule has 0 bridgehead atoms. The molecule has 8 heteroatoms. The Hall–Kier alpha value is -2.19. The van der Waals surface area contributed by atoms with Crippen LogP contribution in [-0.4, -0.2) is 22.4 Å². The van der Waals surface area contributed by atoms with E-state index in [4.69, 9.17) is 9.47 Å². The molecule has 0 saturated carbocycles. The minimum atomic E-state index is -4.69. The maximum atomic E-state index is 13.0. The molecule has 0 radical (unpaired) electrons. The lowest BCUT2D eigenvalue weighted by Gasteiger charge is -2.23. The van der Waals surface area contributed by atoms with Gasteiger partial charge < -0.3 is 14.0 Å². The van der Waals surface area contributed by atoms with Crippen LogP contribution in [0.1, 0.15) is 41.6 Å². The van der Waals surface area contributed by atoms with E-state index < -0.39 is 17.3 Å². The fourth-order valence-electron chi connectivity index (χ4n) is 3.04. The molecule has 0 aromatic carbocycles. The number of nitrogens with zero attached hydrogens (tertiary/aromatic N) is 2. The second kappa shape index (κ2) is 8.22. The van der Waals surface area contributed by atoms with Crippen LogP contribution in [-0.2, 0) is 28.8 Å². The third-order valence-electron chi connectivity index (χ3n) is 4.58. The number of pyridine rings is 2. The van der Waals surface area contributed by atoms with Crippen molar-refractivity contribution in [3.8, 4) is 0 Å². The lowest BCUT2D eigenvalue weighted by atomic mass is 10.1. The van der Waals surface area contributed by atoms with Gasteiger partial charge in [-0.05, 0) is 49.9 Å². The lowest BCUT2D eigenvalue weighted by Crippen LogP contribution is -2.29. The van der Waals surface area contributed by atoms with Crippen molar-refractivity contribution in [2.75, 3.05) is 6.61 Å². The third-order valence-corrected chi connectivity index (χ3v) is 4.58. The molecule has 2 aromatic heterocycles. The predicted molar refractivity (Wildman–Crippen MR) is 92.2 cm³/mol. The second-order valence-electron chi connectivity index (χ2n) is 6.51. The number of ether oxygens (including phenoxy) is 2. The molecule has 1 atom stereocenters. The van der Waals surface area contributed by atoms with Crippen molar-refractivity contribution in [1.29, 1.82) is 0 Å². The molecule has 146 valence electrons. The van der Waals surface area contributed by atoms with Gasteiger partial charge >= 0.3 is 6.18 Å². The van der Waals surface area contributed by atoms with E-state index in [-0.39, 0.29) is 19.4 Å². The van der Waals surface area contributed by atoms with E-state index in [2.05, 4.69) is 4.98 Å². The molecule has 5 nitrogen and oxygen atoms in total. The number of hydrogen-bond donors (Lipinski definition) is 0. The fourth-order valence-corrected chi connectivity index (χ4v) is 3.04. The standard InChI is InChI=1S/C19H21F3N2O3/c1-13-7-8-23-16(14(13)12-27-17-6-2-3-10-26-17)11-24-9-4-5-15(18(24)25)19(20,21)22/h4-5,7-9,17H,2-3,6,10-12H2,1H3. The number of alkyl halides is 3. The summed E-state index contributed by atoms with van der Waals surface area (Å²) in [7, 11) is 0. The first-order valence-electron chi connectivity index (χ1n) is 8.79. The SMILES string of the molecule is Cc1ccnc(Cn2cccc(C(F)(F)F)c2=O)c1COC1CCCCO1. The van der Waals surface area contributed by atoms with Gasteiger partial charge in [0.05, 0.1) is 18.8 Å². The van der Waals surface area contributed by atoms with Gasteiger partial charge in [-0.25, -0.2) is 0 Å². The van der Waals surface area contributed by atoms with Crippen LogP contribution in [0, 0.1) is 6.92 Å². The van der Waals surface area contributed by atoms with Gasteiger partial charge in [0.25, 0.3) is 5.56 Å². The zero-order valence-corrected chi connectivity index (χ0v) is 15.0. The molecule has 1 saturated heterocycles. The summed E-state index contributed by atoms with van der Waals surface area (Å²) in [5, 5.41) is 0.